The highest BCUT2D eigenvalue weighted by Crippen LogP contribution is 2.26. The highest BCUT2D eigenvalue weighted by atomic mass is 32.1. The molecule has 0 saturated carbocycles. The van der Waals surface area contributed by atoms with E-state index in [4.69, 9.17) is 19.2 Å². The number of aliphatic carboxylic acids is 1. The molecule has 2 aromatic heterocycles. The van der Waals surface area contributed by atoms with E-state index in [9.17, 15) is 18.0 Å². The van der Waals surface area contributed by atoms with Crippen molar-refractivity contribution in [2.24, 2.45) is 5.92 Å². The normalized spacial score (nSPS) is 21.7. The summed E-state index contributed by atoms with van der Waals surface area (Å²) in [5.41, 5.74) is 1.74. The topological polar surface area (TPSA) is 96.1 Å². The second kappa shape index (κ2) is 9.79. The number of carboxylic acids is 1. The van der Waals surface area contributed by atoms with E-state index in [0.717, 1.165) is 32.8 Å². The van der Waals surface area contributed by atoms with E-state index in [2.05, 4.69) is 26.9 Å². The molecule has 0 aromatic carbocycles. The third-order valence-electron chi connectivity index (χ3n) is 4.98. The fourth-order valence-corrected chi connectivity index (χ4v) is 4.20. The van der Waals surface area contributed by atoms with Crippen LogP contribution in [-0.4, -0.2) is 77.0 Å². The van der Waals surface area contributed by atoms with Crippen LogP contribution in [0.1, 0.15) is 21.8 Å². The smallest absolute Gasteiger partial charge is 0.475 e. The van der Waals surface area contributed by atoms with Crippen molar-refractivity contribution in [3.05, 3.63) is 39.9 Å². The summed E-state index contributed by atoms with van der Waals surface area (Å²) in [6.07, 6.45) is -4.96. The predicted octanol–water partition coefficient (Wildman–Crippen LogP) is 2.65. The highest BCUT2D eigenvalue weighted by molar-refractivity contribution is 7.07. The van der Waals surface area contributed by atoms with Gasteiger partial charge in [-0.1, -0.05) is 5.16 Å². The Bertz CT molecular complexity index is 887. The number of thiophene rings is 1. The molecule has 2 atom stereocenters. The lowest BCUT2D eigenvalue weighted by atomic mass is 10.1. The van der Waals surface area contributed by atoms with Crippen molar-refractivity contribution in [1.29, 1.82) is 0 Å². The van der Waals surface area contributed by atoms with Gasteiger partial charge >= 0.3 is 12.1 Å². The minimum absolute atomic E-state index is 0.0621. The van der Waals surface area contributed by atoms with E-state index < -0.39 is 12.1 Å². The summed E-state index contributed by atoms with van der Waals surface area (Å²) in [6.45, 7) is 6.73. The Morgan fingerprint density at radius 1 is 1.32 bits per heavy atom. The Morgan fingerprint density at radius 3 is 2.65 bits per heavy atom. The van der Waals surface area contributed by atoms with Crippen LogP contribution < -0.4 is 0 Å². The van der Waals surface area contributed by atoms with Gasteiger partial charge in [0.2, 0.25) is 0 Å². The Kier molecular flexibility index (Phi) is 7.34. The van der Waals surface area contributed by atoms with Crippen molar-refractivity contribution < 1.29 is 37.1 Å². The first kappa shape index (κ1) is 23.2. The number of ether oxygens (including phenoxy) is 1. The number of halogens is 3. The van der Waals surface area contributed by atoms with E-state index >= 15 is 0 Å². The van der Waals surface area contributed by atoms with E-state index in [1.807, 2.05) is 4.90 Å². The number of aromatic nitrogens is 1. The van der Waals surface area contributed by atoms with E-state index in [1.165, 1.54) is 5.56 Å². The fraction of sp³-hybridized carbons (Fsp3) is 0.526. The maximum atomic E-state index is 12.6. The third-order valence-corrected chi connectivity index (χ3v) is 5.71. The average molecular weight is 461 g/mol. The molecular formula is C19H22F3N3O5S. The van der Waals surface area contributed by atoms with Gasteiger partial charge in [0.25, 0.3) is 5.91 Å². The molecule has 2 saturated heterocycles. The molecule has 0 unspecified atom stereocenters. The highest BCUT2D eigenvalue weighted by Gasteiger charge is 2.39. The quantitative estimate of drug-likeness (QED) is 0.751. The van der Waals surface area contributed by atoms with Crippen molar-refractivity contribution >= 4 is 23.2 Å². The molecule has 2 fully saturated rings. The molecule has 170 valence electrons. The summed E-state index contributed by atoms with van der Waals surface area (Å²) in [7, 11) is 0. The first-order valence-corrected chi connectivity index (χ1v) is 10.5. The summed E-state index contributed by atoms with van der Waals surface area (Å²) < 4.78 is 42.8. The van der Waals surface area contributed by atoms with Crippen LogP contribution in [0.25, 0.3) is 0 Å². The first-order chi connectivity index (χ1) is 14.6. The van der Waals surface area contributed by atoms with Crippen LogP contribution >= 0.6 is 11.3 Å². The molecule has 12 heteroatoms. The maximum absolute atomic E-state index is 12.6. The monoisotopic (exact) mass is 461 g/mol. The summed E-state index contributed by atoms with van der Waals surface area (Å²) >= 11 is 1.73. The standard InChI is InChI=1S/C17H21N3O3S.C2HF3O2/c1-12-6-15(18-23-12)17(21)20-9-14-8-19(3-4-22-16(14)10-20)7-13-2-5-24-11-13;3-2(4,5)1(6)7/h2,5-6,11,14,16H,3-4,7-10H2,1H3;(H,6,7)/t14-,16+;/m0./s1. The van der Waals surface area contributed by atoms with Crippen molar-refractivity contribution in [1.82, 2.24) is 15.0 Å². The lowest BCUT2D eigenvalue weighted by Crippen LogP contribution is -2.33. The number of fused-ring (bicyclic) bond motifs is 1. The molecule has 0 bridgehead atoms. The maximum Gasteiger partial charge on any atom is 0.490 e. The Labute approximate surface area is 180 Å². The minimum Gasteiger partial charge on any atom is -0.475 e. The number of alkyl halides is 3. The molecule has 0 aliphatic carbocycles. The molecule has 4 rings (SSSR count). The number of amides is 1. The zero-order valence-electron chi connectivity index (χ0n) is 16.7. The Morgan fingerprint density at radius 2 is 2.06 bits per heavy atom. The first-order valence-electron chi connectivity index (χ1n) is 9.51. The number of aryl methyl sites for hydroxylation is 1. The molecule has 1 amide bonds. The fourth-order valence-electron chi connectivity index (χ4n) is 3.54. The van der Waals surface area contributed by atoms with E-state index in [0.29, 0.717) is 23.9 Å². The molecule has 1 N–H and O–H groups in total. The van der Waals surface area contributed by atoms with Gasteiger partial charge in [-0.05, 0) is 29.3 Å². The molecule has 4 heterocycles. The van der Waals surface area contributed by atoms with Gasteiger partial charge in [-0.2, -0.15) is 24.5 Å². The molecule has 31 heavy (non-hydrogen) atoms. The van der Waals surface area contributed by atoms with Crippen molar-refractivity contribution in [2.75, 3.05) is 32.8 Å². The van der Waals surface area contributed by atoms with Gasteiger partial charge in [0, 0.05) is 44.7 Å². The number of carboxylic acid groups (broad SMARTS) is 1. The lowest BCUT2D eigenvalue weighted by Gasteiger charge is -2.22. The van der Waals surface area contributed by atoms with Gasteiger partial charge < -0.3 is 19.3 Å². The second-order valence-corrected chi connectivity index (χ2v) is 8.15. The van der Waals surface area contributed by atoms with Crippen LogP contribution in [0, 0.1) is 12.8 Å². The lowest BCUT2D eigenvalue weighted by molar-refractivity contribution is -0.192. The summed E-state index contributed by atoms with van der Waals surface area (Å²) in [5.74, 6) is -1.81. The zero-order valence-corrected chi connectivity index (χ0v) is 17.5. The Hall–Kier alpha value is -2.44. The van der Waals surface area contributed by atoms with Gasteiger partial charge in [0.1, 0.15) is 5.76 Å². The SMILES string of the molecule is Cc1cc(C(=O)N2C[C@@H]3CN(Cc4ccsc4)CCO[C@@H]3C2)no1.O=C(O)C(F)(F)F. The predicted molar refractivity (Wildman–Crippen MR) is 104 cm³/mol. The van der Waals surface area contributed by atoms with Gasteiger partial charge in [0.15, 0.2) is 5.69 Å². The molecule has 2 aliphatic rings. The molecule has 8 nitrogen and oxygen atoms in total. The molecule has 0 spiro atoms. The summed E-state index contributed by atoms with van der Waals surface area (Å²) in [6, 6.07) is 3.87. The average Bonchev–Trinajstić information content (AvgIpc) is 3.41. The van der Waals surface area contributed by atoms with Crippen molar-refractivity contribution in [3.8, 4) is 0 Å². The van der Waals surface area contributed by atoms with Gasteiger partial charge in [0.05, 0.1) is 12.7 Å². The van der Waals surface area contributed by atoms with Gasteiger partial charge in [-0.3, -0.25) is 9.69 Å². The third kappa shape index (κ3) is 6.28. The molecular weight excluding hydrogens is 439 g/mol. The minimum atomic E-state index is -5.08. The number of carbonyl (C=O) groups is 2. The van der Waals surface area contributed by atoms with Gasteiger partial charge in [-0.15, -0.1) is 0 Å². The van der Waals surface area contributed by atoms with E-state index in [-0.39, 0.29) is 12.0 Å². The van der Waals surface area contributed by atoms with Crippen LogP contribution in [-0.2, 0) is 16.1 Å². The van der Waals surface area contributed by atoms with Crippen LogP contribution in [0.15, 0.2) is 27.4 Å². The number of rotatable bonds is 3. The van der Waals surface area contributed by atoms with Gasteiger partial charge in [-0.25, -0.2) is 4.79 Å². The number of hydrogen-bond acceptors (Lipinski definition) is 7. The number of likely N-dealkylation sites (tertiary alicyclic amines) is 1. The zero-order chi connectivity index (χ0) is 22.6. The van der Waals surface area contributed by atoms with Crippen molar-refractivity contribution in [3.63, 3.8) is 0 Å². The molecule has 2 aromatic rings. The van der Waals surface area contributed by atoms with Crippen LogP contribution in [0.5, 0.6) is 0 Å². The number of hydrogen-bond donors (Lipinski definition) is 1. The van der Waals surface area contributed by atoms with Crippen LogP contribution in [0.3, 0.4) is 0 Å². The molecule has 0 radical (unpaired) electrons. The molecule has 2 aliphatic heterocycles. The summed E-state index contributed by atoms with van der Waals surface area (Å²) in [5, 5.41) is 15.3. The van der Waals surface area contributed by atoms with Crippen LogP contribution in [0.2, 0.25) is 0 Å². The second-order valence-electron chi connectivity index (χ2n) is 7.37. The summed E-state index contributed by atoms with van der Waals surface area (Å²) in [4.78, 5) is 25.7. The Balaban J connectivity index is 0.000000339. The van der Waals surface area contributed by atoms with Crippen molar-refractivity contribution in [2.45, 2.75) is 25.7 Å². The largest absolute Gasteiger partial charge is 0.490 e. The van der Waals surface area contributed by atoms with E-state index in [1.54, 1.807) is 24.3 Å². The number of carbonyl (C=O) groups excluding carboxylic acids is 1. The van der Waals surface area contributed by atoms with Crippen LogP contribution in [0.4, 0.5) is 13.2 Å². The number of nitrogens with zero attached hydrogens (tertiary/aromatic N) is 3.